The predicted octanol–water partition coefficient (Wildman–Crippen LogP) is 7.74. The monoisotopic (exact) mass is 619 g/mol. The average molecular weight is 620 g/mol. The fourth-order valence-corrected chi connectivity index (χ4v) is 7.11. The first kappa shape index (κ1) is 36.8. The maximum Gasteiger partial charge on any atom is 0.290 e. The van der Waals surface area contributed by atoms with Crippen LogP contribution in [0.1, 0.15) is 102 Å². The van der Waals surface area contributed by atoms with Crippen LogP contribution in [0, 0.1) is 11.8 Å². The number of carbonyl (C=O) groups is 2. The molecule has 2 aromatic rings. The second-order valence-electron chi connectivity index (χ2n) is 13.3. The predicted molar refractivity (Wildman–Crippen MR) is 187 cm³/mol. The topological polar surface area (TPSA) is 64.1 Å². The molecular formula is C39H61N3O3. The molecule has 1 N–H and O–H groups in total. The number of hydrogen-bond acceptors (Lipinski definition) is 4. The van der Waals surface area contributed by atoms with E-state index < -0.39 is 0 Å². The molecule has 2 aliphatic heterocycles. The van der Waals surface area contributed by atoms with Gasteiger partial charge in [-0.2, -0.15) is 0 Å². The molecule has 2 aromatic carbocycles. The highest BCUT2D eigenvalue weighted by molar-refractivity contribution is 5.77. The van der Waals surface area contributed by atoms with Crippen LogP contribution in [0.5, 0.6) is 0 Å². The van der Waals surface area contributed by atoms with E-state index in [9.17, 15) is 4.79 Å². The maximum absolute atomic E-state index is 12.8. The van der Waals surface area contributed by atoms with Gasteiger partial charge in [-0.15, -0.1) is 0 Å². The molecule has 250 valence electrons. The third kappa shape index (κ3) is 13.7. The van der Waals surface area contributed by atoms with Gasteiger partial charge in [0.1, 0.15) is 0 Å². The molecule has 0 aromatic heterocycles. The smallest absolute Gasteiger partial charge is 0.290 e. The average Bonchev–Trinajstić information content (AvgIpc) is 3.80. The molecule has 0 unspecified atom stereocenters. The number of aryl methyl sites for hydroxylation is 1. The molecular weight excluding hydrogens is 558 g/mol. The first-order chi connectivity index (χ1) is 22.1. The number of piperidine rings is 1. The van der Waals surface area contributed by atoms with Gasteiger partial charge in [-0.25, -0.2) is 0 Å². The van der Waals surface area contributed by atoms with Crippen LogP contribution in [0.2, 0.25) is 0 Å². The van der Waals surface area contributed by atoms with Crippen LogP contribution in [0.4, 0.5) is 0 Å². The molecule has 2 aliphatic carbocycles. The molecule has 2 saturated heterocycles. The summed E-state index contributed by atoms with van der Waals surface area (Å²) in [6.07, 6.45) is 15.2. The normalized spacial score (nSPS) is 20.8. The summed E-state index contributed by atoms with van der Waals surface area (Å²) < 4.78 is 0. The van der Waals surface area contributed by atoms with Crippen LogP contribution in [0.15, 0.2) is 60.7 Å². The quantitative estimate of drug-likeness (QED) is 0.291. The summed E-state index contributed by atoms with van der Waals surface area (Å²) in [6, 6.07) is 21.9. The van der Waals surface area contributed by atoms with E-state index in [2.05, 4.69) is 76.3 Å². The molecule has 6 heteroatoms. The lowest BCUT2D eigenvalue weighted by molar-refractivity contribution is -0.134. The van der Waals surface area contributed by atoms with E-state index in [-0.39, 0.29) is 6.47 Å². The number of carbonyl (C=O) groups excluding carboxylic acids is 1. The zero-order valence-electron chi connectivity index (χ0n) is 28.5. The van der Waals surface area contributed by atoms with Crippen molar-refractivity contribution in [1.29, 1.82) is 0 Å². The fourth-order valence-electron chi connectivity index (χ4n) is 7.11. The van der Waals surface area contributed by atoms with Crippen LogP contribution < -0.4 is 0 Å². The Hall–Kier alpha value is -2.70. The third-order valence-corrected chi connectivity index (χ3v) is 9.86. The minimum atomic E-state index is -0.250. The maximum atomic E-state index is 12.8. The van der Waals surface area contributed by atoms with Crippen LogP contribution in [-0.4, -0.2) is 84.5 Å². The Bertz CT molecular complexity index is 1050. The van der Waals surface area contributed by atoms with Gasteiger partial charge in [0, 0.05) is 32.1 Å². The van der Waals surface area contributed by atoms with Crippen molar-refractivity contribution >= 4 is 12.4 Å². The van der Waals surface area contributed by atoms with E-state index in [0.29, 0.717) is 18.4 Å². The highest BCUT2D eigenvalue weighted by Gasteiger charge is 2.32. The number of rotatable bonds is 9. The first-order valence-corrected chi connectivity index (χ1v) is 17.9. The summed E-state index contributed by atoms with van der Waals surface area (Å²) in [5.41, 5.74) is 2.81. The summed E-state index contributed by atoms with van der Waals surface area (Å²) in [6.45, 7) is 11.0. The molecule has 1 atom stereocenters. The largest absolute Gasteiger partial charge is 0.483 e. The van der Waals surface area contributed by atoms with E-state index in [4.69, 9.17) is 9.90 Å². The van der Waals surface area contributed by atoms with Crippen molar-refractivity contribution in [2.75, 3.05) is 46.3 Å². The van der Waals surface area contributed by atoms with E-state index in [1.54, 1.807) is 5.56 Å². The molecule has 4 fully saturated rings. The Kier molecular flexibility index (Phi) is 17.3. The molecule has 0 radical (unpaired) electrons. The third-order valence-electron chi connectivity index (χ3n) is 9.86. The number of likely N-dealkylation sites (tertiary alicyclic amines) is 2. The molecule has 2 heterocycles. The highest BCUT2D eigenvalue weighted by Crippen LogP contribution is 2.32. The number of nitrogens with zero attached hydrogens (tertiary/aromatic N) is 3. The van der Waals surface area contributed by atoms with Crippen molar-refractivity contribution in [3.63, 3.8) is 0 Å². The summed E-state index contributed by atoms with van der Waals surface area (Å²) in [5.74, 6) is 2.92. The van der Waals surface area contributed by atoms with E-state index in [1.165, 1.54) is 76.6 Å². The number of hydrogen-bond donors (Lipinski definition) is 1. The molecule has 2 saturated carbocycles. The molecule has 6 rings (SSSR count). The van der Waals surface area contributed by atoms with Gasteiger partial charge in [0.2, 0.25) is 5.91 Å². The zero-order valence-corrected chi connectivity index (χ0v) is 28.5. The lowest BCUT2D eigenvalue weighted by Crippen LogP contribution is -2.47. The fraction of sp³-hybridized carbons (Fsp3) is 0.641. The Balaban J connectivity index is 0.000000218. The van der Waals surface area contributed by atoms with Crippen molar-refractivity contribution in [3.8, 4) is 0 Å². The highest BCUT2D eigenvalue weighted by atomic mass is 16.3. The summed E-state index contributed by atoms with van der Waals surface area (Å²) in [4.78, 5) is 28.5. The van der Waals surface area contributed by atoms with Crippen molar-refractivity contribution < 1.29 is 14.7 Å². The van der Waals surface area contributed by atoms with Gasteiger partial charge < -0.3 is 19.8 Å². The standard InChI is InChI=1S/C19H28N2O.C17H25N.C2H6.CH2O2/c1-20-13-11-18(12-14-20)21(15-17-7-8-17)19(22)10-9-16-5-3-2-4-6-16;1-3-7-15(8-4-1)13-18-12-11-17(14-18)16-9-5-2-6-10-16;1-2;2-1-3/h2-6,17-18H,7-15H2,1H3;2,5-6,9-10,15,17H,1,3-4,7-8,11-14H2;1-2H3;1H,(H,2,3)/t;17-;;/m.1../s1. The molecule has 4 aliphatic rings. The number of amides is 1. The Morgan fingerprint density at radius 3 is 2.02 bits per heavy atom. The lowest BCUT2D eigenvalue weighted by Gasteiger charge is -2.37. The minimum absolute atomic E-state index is 0.250. The summed E-state index contributed by atoms with van der Waals surface area (Å²) in [7, 11) is 2.18. The van der Waals surface area contributed by atoms with Crippen molar-refractivity contribution in [3.05, 3.63) is 71.8 Å². The summed E-state index contributed by atoms with van der Waals surface area (Å²) >= 11 is 0. The van der Waals surface area contributed by atoms with E-state index >= 15 is 0 Å². The zero-order chi connectivity index (χ0) is 32.3. The van der Waals surface area contributed by atoms with Gasteiger partial charge in [0.25, 0.3) is 6.47 Å². The van der Waals surface area contributed by atoms with Gasteiger partial charge in [-0.05, 0) is 107 Å². The second-order valence-corrected chi connectivity index (χ2v) is 13.3. The van der Waals surface area contributed by atoms with Crippen LogP contribution in [0.25, 0.3) is 0 Å². The van der Waals surface area contributed by atoms with Gasteiger partial charge in [0.15, 0.2) is 0 Å². The molecule has 1 amide bonds. The molecule has 6 nitrogen and oxygen atoms in total. The van der Waals surface area contributed by atoms with Crippen LogP contribution in [-0.2, 0) is 16.0 Å². The van der Waals surface area contributed by atoms with Gasteiger partial charge in [-0.1, -0.05) is 93.8 Å². The number of benzene rings is 2. The van der Waals surface area contributed by atoms with Crippen LogP contribution in [0.3, 0.4) is 0 Å². The van der Waals surface area contributed by atoms with E-state index in [0.717, 1.165) is 56.7 Å². The van der Waals surface area contributed by atoms with Crippen molar-refractivity contribution in [1.82, 2.24) is 14.7 Å². The first-order valence-electron chi connectivity index (χ1n) is 17.9. The van der Waals surface area contributed by atoms with Gasteiger partial charge >= 0.3 is 0 Å². The molecule has 0 spiro atoms. The lowest BCUT2D eigenvalue weighted by atomic mass is 9.89. The number of carboxylic acid groups (broad SMARTS) is 1. The Labute approximate surface area is 274 Å². The second kappa shape index (κ2) is 21.2. The summed E-state index contributed by atoms with van der Waals surface area (Å²) in [5, 5.41) is 6.89. The van der Waals surface area contributed by atoms with Gasteiger partial charge in [0.05, 0.1) is 0 Å². The SMILES string of the molecule is CC.CN1CCC(N(CC2CC2)C(=O)CCc2ccccc2)CC1.O=CO.c1ccc([C@@H]2CCN(CC3CCCCC3)C2)cc1. The molecule has 0 bridgehead atoms. The molecule has 45 heavy (non-hydrogen) atoms. The van der Waals surface area contributed by atoms with E-state index in [1.807, 2.05) is 19.9 Å². The van der Waals surface area contributed by atoms with Crippen molar-refractivity contribution in [2.45, 2.75) is 103 Å². The Morgan fingerprint density at radius 1 is 0.822 bits per heavy atom. The van der Waals surface area contributed by atoms with Crippen molar-refractivity contribution in [2.24, 2.45) is 11.8 Å². The Morgan fingerprint density at radius 2 is 1.42 bits per heavy atom. The van der Waals surface area contributed by atoms with Crippen LogP contribution >= 0.6 is 0 Å². The minimum Gasteiger partial charge on any atom is -0.483 e. The van der Waals surface area contributed by atoms with Gasteiger partial charge in [-0.3, -0.25) is 9.59 Å².